The summed E-state index contributed by atoms with van der Waals surface area (Å²) < 4.78 is 7.85. The molecule has 0 spiro atoms. The minimum Gasteiger partial charge on any atom is -0.396 e. The van der Waals surface area contributed by atoms with Crippen LogP contribution in [0.15, 0.2) is 35.5 Å². The lowest BCUT2D eigenvalue weighted by Gasteiger charge is -2.24. The number of aliphatic imine (C=N–C) groups is 1. The lowest BCUT2D eigenvalue weighted by atomic mass is 10.0. The van der Waals surface area contributed by atoms with Gasteiger partial charge in [-0.25, -0.2) is 9.67 Å². The van der Waals surface area contributed by atoms with Crippen LogP contribution in [-0.4, -0.2) is 45.8 Å². The third-order valence-electron chi connectivity index (χ3n) is 5.16. The van der Waals surface area contributed by atoms with E-state index in [0.29, 0.717) is 18.7 Å². The van der Waals surface area contributed by atoms with E-state index in [1.807, 2.05) is 28.9 Å². The molecule has 1 aliphatic rings. The number of benzene rings is 1. The van der Waals surface area contributed by atoms with Gasteiger partial charge in [-0.15, -0.1) is 0 Å². The van der Waals surface area contributed by atoms with Crippen LogP contribution < -0.4 is 11.5 Å². The summed E-state index contributed by atoms with van der Waals surface area (Å²) in [4.78, 5) is 8.84. The number of hydrogen-bond donors (Lipinski definition) is 3. The Balaban J connectivity index is 1.73. The molecule has 1 atom stereocenters. The highest BCUT2D eigenvalue weighted by molar-refractivity contribution is 6.06. The first-order valence-electron chi connectivity index (χ1n) is 9.94. The summed E-state index contributed by atoms with van der Waals surface area (Å²) in [6.07, 6.45) is 7.26. The highest BCUT2D eigenvalue weighted by Crippen LogP contribution is 2.32. The van der Waals surface area contributed by atoms with Crippen molar-refractivity contribution < 1.29 is 9.84 Å². The van der Waals surface area contributed by atoms with Crippen LogP contribution in [0.25, 0.3) is 22.2 Å². The van der Waals surface area contributed by atoms with Crippen molar-refractivity contribution in [3.8, 4) is 11.3 Å². The first kappa shape index (κ1) is 19.4. The second kappa shape index (κ2) is 8.59. The SMILES string of the molecule is Nc1nc2cc(-c3ccnn3C3CCCCO3)ccc2c(C=NCCCO)c1N. The van der Waals surface area contributed by atoms with Gasteiger partial charge in [-0.1, -0.05) is 12.1 Å². The fraction of sp³-hybridized carbons (Fsp3) is 0.381. The average Bonchev–Trinajstić information content (AvgIpc) is 3.24. The molecule has 29 heavy (non-hydrogen) atoms. The van der Waals surface area contributed by atoms with Crippen molar-refractivity contribution in [2.45, 2.75) is 31.9 Å². The maximum Gasteiger partial charge on any atom is 0.150 e. The van der Waals surface area contributed by atoms with Crippen LogP contribution in [0.1, 0.15) is 37.5 Å². The molecule has 1 fully saturated rings. The van der Waals surface area contributed by atoms with Gasteiger partial charge < -0.3 is 21.3 Å². The van der Waals surface area contributed by atoms with Gasteiger partial charge in [0.2, 0.25) is 0 Å². The fourth-order valence-corrected chi connectivity index (χ4v) is 3.63. The first-order chi connectivity index (χ1) is 14.2. The Hall–Kier alpha value is -2.97. The van der Waals surface area contributed by atoms with E-state index in [4.69, 9.17) is 21.3 Å². The molecule has 8 heteroatoms. The molecule has 0 radical (unpaired) electrons. The van der Waals surface area contributed by atoms with Gasteiger partial charge in [-0.3, -0.25) is 4.99 Å². The van der Waals surface area contributed by atoms with Crippen LogP contribution in [-0.2, 0) is 4.74 Å². The van der Waals surface area contributed by atoms with Gasteiger partial charge in [-0.2, -0.15) is 5.10 Å². The highest BCUT2D eigenvalue weighted by atomic mass is 16.5. The molecule has 0 bridgehead atoms. The van der Waals surface area contributed by atoms with Gasteiger partial charge in [-0.05, 0) is 37.8 Å². The normalized spacial score (nSPS) is 17.3. The van der Waals surface area contributed by atoms with E-state index in [-0.39, 0.29) is 18.7 Å². The number of nitrogen functional groups attached to an aromatic ring is 2. The van der Waals surface area contributed by atoms with Crippen molar-refractivity contribution in [2.24, 2.45) is 4.99 Å². The summed E-state index contributed by atoms with van der Waals surface area (Å²) >= 11 is 0. The van der Waals surface area contributed by atoms with Crippen LogP contribution in [0.3, 0.4) is 0 Å². The summed E-state index contributed by atoms with van der Waals surface area (Å²) in [5, 5.41) is 14.3. The number of anilines is 2. The smallest absolute Gasteiger partial charge is 0.150 e. The molecule has 3 aromatic rings. The molecule has 2 aromatic heterocycles. The third-order valence-corrected chi connectivity index (χ3v) is 5.16. The molecule has 152 valence electrons. The summed E-state index contributed by atoms with van der Waals surface area (Å²) in [6.45, 7) is 1.39. The van der Waals surface area contributed by atoms with Crippen LogP contribution >= 0.6 is 0 Å². The lowest BCUT2D eigenvalue weighted by Crippen LogP contribution is -2.19. The Labute approximate surface area is 169 Å². The van der Waals surface area contributed by atoms with Crippen molar-refractivity contribution in [1.82, 2.24) is 14.8 Å². The van der Waals surface area contributed by atoms with E-state index in [2.05, 4.69) is 15.1 Å². The van der Waals surface area contributed by atoms with E-state index in [0.717, 1.165) is 53.6 Å². The topological polar surface area (TPSA) is 125 Å². The van der Waals surface area contributed by atoms with Crippen molar-refractivity contribution in [1.29, 1.82) is 0 Å². The van der Waals surface area contributed by atoms with Crippen LogP contribution in [0.5, 0.6) is 0 Å². The zero-order valence-electron chi connectivity index (χ0n) is 16.3. The molecular formula is C21H26N6O2. The van der Waals surface area contributed by atoms with E-state index < -0.39 is 0 Å². The highest BCUT2D eigenvalue weighted by Gasteiger charge is 2.20. The fourth-order valence-electron chi connectivity index (χ4n) is 3.63. The third kappa shape index (κ3) is 3.94. The van der Waals surface area contributed by atoms with Gasteiger partial charge in [0.1, 0.15) is 5.82 Å². The first-order valence-corrected chi connectivity index (χ1v) is 9.94. The number of nitrogens with zero attached hydrogens (tertiary/aromatic N) is 4. The van der Waals surface area contributed by atoms with Crippen LogP contribution in [0.4, 0.5) is 11.5 Å². The minimum absolute atomic E-state index is 0.0388. The monoisotopic (exact) mass is 394 g/mol. The molecule has 1 saturated heterocycles. The van der Waals surface area contributed by atoms with E-state index in [1.54, 1.807) is 12.4 Å². The number of fused-ring (bicyclic) bond motifs is 1. The molecule has 3 heterocycles. The van der Waals surface area contributed by atoms with Crippen LogP contribution in [0, 0.1) is 0 Å². The second-order valence-corrected chi connectivity index (χ2v) is 7.15. The van der Waals surface area contributed by atoms with Crippen molar-refractivity contribution >= 4 is 28.6 Å². The summed E-state index contributed by atoms with van der Waals surface area (Å²) in [6, 6.07) is 7.99. The van der Waals surface area contributed by atoms with Gasteiger partial charge in [0.15, 0.2) is 6.23 Å². The summed E-state index contributed by atoms with van der Waals surface area (Å²) in [7, 11) is 0. The largest absolute Gasteiger partial charge is 0.396 e. The Morgan fingerprint density at radius 2 is 2.17 bits per heavy atom. The summed E-state index contributed by atoms with van der Waals surface area (Å²) in [5.74, 6) is 0.280. The maximum atomic E-state index is 8.93. The molecule has 0 aliphatic carbocycles. The van der Waals surface area contributed by atoms with Crippen molar-refractivity contribution in [2.75, 3.05) is 31.2 Å². The number of aliphatic hydroxyl groups is 1. The van der Waals surface area contributed by atoms with E-state index in [9.17, 15) is 0 Å². The standard InChI is InChI=1S/C21H26N6O2/c22-20-16(13-24-8-3-10-28)15-6-5-14(12-17(15)26-21(20)23)18-7-9-25-27(18)19-4-1-2-11-29-19/h5-7,9,12-13,19,28H,1-4,8,10-11,22H2,(H2,23,26). The van der Waals surface area contributed by atoms with Gasteiger partial charge in [0, 0.05) is 48.7 Å². The lowest BCUT2D eigenvalue weighted by molar-refractivity contribution is -0.0383. The maximum absolute atomic E-state index is 8.93. The Morgan fingerprint density at radius 3 is 2.97 bits per heavy atom. The van der Waals surface area contributed by atoms with Crippen molar-refractivity contribution in [3.63, 3.8) is 0 Å². The zero-order chi connectivity index (χ0) is 20.2. The molecule has 0 amide bonds. The Bertz CT molecular complexity index is 1020. The zero-order valence-corrected chi connectivity index (χ0v) is 16.3. The number of aliphatic hydroxyl groups excluding tert-OH is 1. The molecule has 4 rings (SSSR count). The molecule has 5 N–H and O–H groups in total. The number of nitrogens with two attached hydrogens (primary N) is 2. The van der Waals surface area contributed by atoms with Gasteiger partial charge >= 0.3 is 0 Å². The quantitative estimate of drug-likeness (QED) is 0.436. The summed E-state index contributed by atoms with van der Waals surface area (Å²) in [5.41, 5.74) is 16.1. The molecular weight excluding hydrogens is 368 g/mol. The predicted octanol–water partition coefficient (Wildman–Crippen LogP) is 2.76. The number of ether oxygens (including phenoxy) is 1. The number of aromatic nitrogens is 3. The Morgan fingerprint density at radius 1 is 1.28 bits per heavy atom. The van der Waals surface area contributed by atoms with Crippen LogP contribution in [0.2, 0.25) is 0 Å². The van der Waals surface area contributed by atoms with E-state index in [1.165, 1.54) is 0 Å². The number of hydrogen-bond acceptors (Lipinski definition) is 7. The molecule has 8 nitrogen and oxygen atoms in total. The second-order valence-electron chi connectivity index (χ2n) is 7.15. The minimum atomic E-state index is -0.0388. The Kier molecular flexibility index (Phi) is 5.73. The number of pyridine rings is 1. The molecule has 0 saturated carbocycles. The van der Waals surface area contributed by atoms with Crippen molar-refractivity contribution in [3.05, 3.63) is 36.0 Å². The van der Waals surface area contributed by atoms with E-state index >= 15 is 0 Å². The number of rotatable bonds is 6. The molecule has 1 unspecified atom stereocenters. The molecule has 1 aromatic carbocycles. The predicted molar refractivity (Wildman–Crippen MR) is 115 cm³/mol. The van der Waals surface area contributed by atoms with Gasteiger partial charge in [0.25, 0.3) is 0 Å². The molecule has 1 aliphatic heterocycles. The van der Waals surface area contributed by atoms with Gasteiger partial charge in [0.05, 0.1) is 16.9 Å². The average molecular weight is 394 g/mol.